The van der Waals surface area contributed by atoms with Crippen LogP contribution in [0.3, 0.4) is 0 Å². The summed E-state index contributed by atoms with van der Waals surface area (Å²) >= 11 is 1.21. The number of phenolic OH excluding ortho intramolecular Hbond substituents is 1. The minimum absolute atomic E-state index is 0.0729. The minimum Gasteiger partial charge on any atom is -0.504 e. The number of nitrogens with zero attached hydrogens (tertiary/aromatic N) is 2. The summed E-state index contributed by atoms with van der Waals surface area (Å²) in [6, 6.07) is 8.43. The predicted octanol–water partition coefficient (Wildman–Crippen LogP) is 3.93. The van der Waals surface area contributed by atoms with Crippen molar-refractivity contribution >= 4 is 28.8 Å². The molecule has 154 valence electrons. The number of benzene rings is 1. The number of Topliss-reactive ketones (excluding diaryl/α,β-unsaturated/α-hetero) is 1. The average Bonchev–Trinajstić information content (AvgIpc) is 3.45. The van der Waals surface area contributed by atoms with Gasteiger partial charge in [-0.25, -0.2) is 0 Å². The van der Waals surface area contributed by atoms with Crippen LogP contribution in [0.2, 0.25) is 0 Å². The van der Waals surface area contributed by atoms with Gasteiger partial charge in [-0.1, -0.05) is 17.3 Å². The van der Waals surface area contributed by atoms with E-state index >= 15 is 0 Å². The van der Waals surface area contributed by atoms with Crippen LogP contribution in [0.5, 0.6) is 11.5 Å². The van der Waals surface area contributed by atoms with Gasteiger partial charge in [0.2, 0.25) is 5.78 Å². The van der Waals surface area contributed by atoms with Crippen LogP contribution in [0.25, 0.3) is 0 Å². The first kappa shape index (κ1) is 19.7. The number of ketones is 1. The van der Waals surface area contributed by atoms with Gasteiger partial charge in [0, 0.05) is 6.07 Å². The number of aliphatic hydroxyl groups is 1. The Labute approximate surface area is 175 Å². The summed E-state index contributed by atoms with van der Waals surface area (Å²) < 4.78 is 10.6. The maximum absolute atomic E-state index is 13.2. The molecule has 0 bridgehead atoms. The normalized spacial score (nSPS) is 16.4. The lowest BCUT2D eigenvalue weighted by Crippen LogP contribution is -2.31. The number of carbonyl (C=O) groups excluding carboxylic acids is 2. The molecule has 0 spiro atoms. The summed E-state index contributed by atoms with van der Waals surface area (Å²) in [5, 5.41) is 26.4. The zero-order valence-electron chi connectivity index (χ0n) is 16.2. The second-order valence-electron chi connectivity index (χ2n) is 6.60. The van der Waals surface area contributed by atoms with Crippen molar-refractivity contribution in [2.75, 3.05) is 11.5 Å². The van der Waals surface area contributed by atoms with Gasteiger partial charge in [-0.15, -0.1) is 11.3 Å². The molecule has 1 atom stereocenters. The zero-order valence-corrected chi connectivity index (χ0v) is 17.0. The van der Waals surface area contributed by atoms with Crippen molar-refractivity contribution in [2.45, 2.75) is 19.9 Å². The fourth-order valence-electron chi connectivity index (χ4n) is 3.37. The van der Waals surface area contributed by atoms with Gasteiger partial charge in [-0.05, 0) is 43.0 Å². The number of carbonyl (C=O) groups is 2. The number of thiophene rings is 1. The van der Waals surface area contributed by atoms with Gasteiger partial charge in [0.15, 0.2) is 23.1 Å². The summed E-state index contributed by atoms with van der Waals surface area (Å²) in [5.74, 6) is -1.12. The van der Waals surface area contributed by atoms with Crippen molar-refractivity contribution in [1.29, 1.82) is 0 Å². The second-order valence-corrected chi connectivity index (χ2v) is 7.55. The van der Waals surface area contributed by atoms with Crippen LogP contribution in [-0.4, -0.2) is 33.7 Å². The third-order valence-corrected chi connectivity index (χ3v) is 5.53. The van der Waals surface area contributed by atoms with Crippen molar-refractivity contribution < 1.29 is 29.1 Å². The van der Waals surface area contributed by atoms with E-state index in [-0.39, 0.29) is 22.9 Å². The molecule has 1 aliphatic heterocycles. The molecule has 0 unspecified atom stereocenters. The summed E-state index contributed by atoms with van der Waals surface area (Å²) in [6.45, 7) is 3.76. The molecular formula is C21H18N2O6S. The Morgan fingerprint density at radius 3 is 2.73 bits per heavy atom. The van der Waals surface area contributed by atoms with Gasteiger partial charge in [-0.3, -0.25) is 14.5 Å². The monoisotopic (exact) mass is 426 g/mol. The molecule has 8 nitrogen and oxygen atoms in total. The van der Waals surface area contributed by atoms with Crippen molar-refractivity contribution in [3.8, 4) is 11.5 Å². The third kappa shape index (κ3) is 3.22. The number of aryl methyl sites for hydroxylation is 1. The maximum atomic E-state index is 13.2. The molecule has 0 saturated carbocycles. The highest BCUT2D eigenvalue weighted by Crippen LogP contribution is 2.43. The zero-order chi connectivity index (χ0) is 21.4. The van der Waals surface area contributed by atoms with Crippen LogP contribution in [0.1, 0.15) is 34.0 Å². The minimum atomic E-state index is -0.976. The van der Waals surface area contributed by atoms with E-state index in [1.165, 1.54) is 28.4 Å². The first-order chi connectivity index (χ1) is 14.4. The topological polar surface area (TPSA) is 113 Å². The Balaban J connectivity index is 1.89. The predicted molar refractivity (Wildman–Crippen MR) is 109 cm³/mol. The van der Waals surface area contributed by atoms with Gasteiger partial charge in [0.05, 0.1) is 23.1 Å². The van der Waals surface area contributed by atoms with Crippen LogP contribution in [0.15, 0.2) is 57.6 Å². The number of hydrogen-bond donors (Lipinski definition) is 2. The third-order valence-electron chi connectivity index (χ3n) is 4.66. The lowest BCUT2D eigenvalue weighted by molar-refractivity contribution is -0.117. The molecule has 1 aliphatic rings. The Kier molecular flexibility index (Phi) is 5.04. The van der Waals surface area contributed by atoms with Crippen LogP contribution >= 0.6 is 11.3 Å². The van der Waals surface area contributed by atoms with Crippen molar-refractivity contribution in [3.05, 3.63) is 69.3 Å². The highest BCUT2D eigenvalue weighted by Gasteiger charge is 2.46. The number of aliphatic hydroxyl groups excluding tert-OH is 1. The van der Waals surface area contributed by atoms with E-state index < -0.39 is 23.5 Å². The molecule has 0 radical (unpaired) electrons. The molecule has 0 saturated heterocycles. The number of aromatic hydroxyl groups is 1. The molecule has 1 aromatic carbocycles. The summed E-state index contributed by atoms with van der Waals surface area (Å²) in [7, 11) is 0. The fraction of sp³-hybridized carbons (Fsp3) is 0.190. The van der Waals surface area contributed by atoms with E-state index in [0.717, 1.165) is 0 Å². The van der Waals surface area contributed by atoms with Gasteiger partial charge in [0.25, 0.3) is 5.91 Å². The molecule has 0 aliphatic carbocycles. The summed E-state index contributed by atoms with van der Waals surface area (Å²) in [4.78, 5) is 27.8. The van der Waals surface area contributed by atoms with Gasteiger partial charge < -0.3 is 19.5 Å². The highest BCUT2D eigenvalue weighted by molar-refractivity contribution is 7.12. The molecule has 1 amide bonds. The molecule has 9 heteroatoms. The van der Waals surface area contributed by atoms with Gasteiger partial charge >= 0.3 is 0 Å². The smallest absolute Gasteiger partial charge is 0.295 e. The number of aromatic nitrogens is 1. The summed E-state index contributed by atoms with van der Waals surface area (Å²) in [5.41, 5.74) is 0.394. The molecular weight excluding hydrogens is 408 g/mol. The Morgan fingerprint density at radius 2 is 2.10 bits per heavy atom. The van der Waals surface area contributed by atoms with E-state index in [2.05, 4.69) is 5.16 Å². The Hall–Kier alpha value is -3.59. The number of hydrogen-bond acceptors (Lipinski definition) is 8. The van der Waals surface area contributed by atoms with E-state index in [1.54, 1.807) is 43.5 Å². The maximum Gasteiger partial charge on any atom is 0.295 e. The molecule has 0 fully saturated rings. The first-order valence-corrected chi connectivity index (χ1v) is 10.0. The van der Waals surface area contributed by atoms with Crippen LogP contribution < -0.4 is 9.64 Å². The van der Waals surface area contributed by atoms with Crippen LogP contribution in [0.4, 0.5) is 5.82 Å². The van der Waals surface area contributed by atoms with E-state index in [0.29, 0.717) is 22.8 Å². The van der Waals surface area contributed by atoms with Crippen molar-refractivity contribution in [2.24, 2.45) is 0 Å². The van der Waals surface area contributed by atoms with Gasteiger partial charge in [0.1, 0.15) is 5.76 Å². The van der Waals surface area contributed by atoms with Crippen LogP contribution in [-0.2, 0) is 4.79 Å². The standard InChI is InChI=1S/C21H18N2O6S/c1-3-28-14-10-12(6-7-13(14)24)18-17(19(25)15-5-4-8-30-15)20(26)21(27)23(18)16-9-11(2)29-22-16/h4-10,18,24,26H,3H2,1-2H3/t18-/m0/s1. The highest BCUT2D eigenvalue weighted by atomic mass is 32.1. The first-order valence-electron chi connectivity index (χ1n) is 9.16. The molecule has 30 heavy (non-hydrogen) atoms. The van der Waals surface area contributed by atoms with Crippen molar-refractivity contribution in [3.63, 3.8) is 0 Å². The largest absolute Gasteiger partial charge is 0.504 e. The Bertz CT molecular complexity index is 1150. The SMILES string of the molecule is CCOc1cc([C@H]2C(C(=O)c3cccs3)=C(O)C(=O)N2c2cc(C)on2)ccc1O. The number of phenols is 1. The molecule has 2 N–H and O–H groups in total. The van der Waals surface area contributed by atoms with E-state index in [1.807, 2.05) is 0 Å². The average molecular weight is 426 g/mol. The number of ether oxygens (including phenoxy) is 1. The molecule has 3 heterocycles. The number of amides is 1. The lowest BCUT2D eigenvalue weighted by Gasteiger charge is -2.24. The Morgan fingerprint density at radius 1 is 1.30 bits per heavy atom. The summed E-state index contributed by atoms with van der Waals surface area (Å²) in [6.07, 6.45) is 0. The quantitative estimate of drug-likeness (QED) is 0.574. The number of anilines is 1. The van der Waals surface area contributed by atoms with Gasteiger partial charge in [-0.2, -0.15) is 0 Å². The fourth-order valence-corrected chi connectivity index (χ4v) is 4.05. The second kappa shape index (κ2) is 7.68. The molecule has 2 aromatic heterocycles. The van der Waals surface area contributed by atoms with E-state index in [4.69, 9.17) is 9.26 Å². The number of rotatable bonds is 6. The lowest BCUT2D eigenvalue weighted by atomic mass is 9.95. The van der Waals surface area contributed by atoms with E-state index in [9.17, 15) is 19.8 Å². The molecule has 3 aromatic rings. The molecule has 4 rings (SSSR count). The van der Waals surface area contributed by atoms with Crippen LogP contribution in [0, 0.1) is 6.92 Å². The van der Waals surface area contributed by atoms with Crippen molar-refractivity contribution in [1.82, 2.24) is 5.16 Å².